The molecule has 0 fully saturated rings. The summed E-state index contributed by atoms with van der Waals surface area (Å²) in [5.74, 6) is 0.919. The predicted molar refractivity (Wildman–Crippen MR) is 61.1 cm³/mol. The summed E-state index contributed by atoms with van der Waals surface area (Å²) < 4.78 is 5.64. The van der Waals surface area contributed by atoms with Crippen molar-refractivity contribution in [2.24, 2.45) is 0 Å². The number of unbranched alkanes of at least 4 members (excludes halogenated alkanes) is 2. The third-order valence-corrected chi connectivity index (χ3v) is 2.43. The van der Waals surface area contributed by atoms with Crippen LogP contribution >= 0.6 is 0 Å². The smallest absolute Gasteiger partial charge is 0.121 e. The van der Waals surface area contributed by atoms with Crippen molar-refractivity contribution in [1.82, 2.24) is 10.2 Å². The molecule has 2 rings (SSSR count). The minimum atomic E-state index is 0.799. The van der Waals surface area contributed by atoms with Crippen LogP contribution in [0.25, 0.3) is 10.9 Å². The number of nitrogens with zero attached hydrogens (tertiary/aromatic N) is 1. The minimum Gasteiger partial charge on any atom is -0.494 e. The summed E-state index contributed by atoms with van der Waals surface area (Å²) >= 11 is 0. The number of hydrogen-bond donors (Lipinski definition) is 1. The first-order valence-electron chi connectivity index (χ1n) is 5.46. The maximum atomic E-state index is 5.64. The second-order valence-electron chi connectivity index (χ2n) is 3.67. The molecule has 0 atom stereocenters. The van der Waals surface area contributed by atoms with Gasteiger partial charge in [-0.1, -0.05) is 19.8 Å². The summed E-state index contributed by atoms with van der Waals surface area (Å²) in [7, 11) is 0. The first kappa shape index (κ1) is 10.0. The van der Waals surface area contributed by atoms with Crippen molar-refractivity contribution < 1.29 is 4.74 Å². The van der Waals surface area contributed by atoms with Gasteiger partial charge in [0.25, 0.3) is 0 Å². The van der Waals surface area contributed by atoms with Gasteiger partial charge in [-0.2, -0.15) is 5.10 Å². The van der Waals surface area contributed by atoms with E-state index in [-0.39, 0.29) is 0 Å². The lowest BCUT2D eigenvalue weighted by atomic mass is 10.2. The second-order valence-corrected chi connectivity index (χ2v) is 3.67. The number of ether oxygens (including phenoxy) is 1. The molecule has 1 heterocycles. The molecule has 0 unspecified atom stereocenters. The molecular weight excluding hydrogens is 188 g/mol. The summed E-state index contributed by atoms with van der Waals surface area (Å²) in [5.41, 5.74) is 1.03. The lowest BCUT2D eigenvalue weighted by Gasteiger charge is -2.05. The highest BCUT2D eigenvalue weighted by molar-refractivity contribution is 5.79. The third kappa shape index (κ3) is 2.49. The molecular formula is C12H16N2O. The number of aromatic nitrogens is 2. The van der Waals surface area contributed by atoms with Gasteiger partial charge in [0.05, 0.1) is 18.3 Å². The average Bonchev–Trinajstić information content (AvgIpc) is 2.71. The molecule has 1 aromatic heterocycles. The van der Waals surface area contributed by atoms with Crippen molar-refractivity contribution in [3.63, 3.8) is 0 Å². The minimum absolute atomic E-state index is 0.799. The Kier molecular flexibility index (Phi) is 3.22. The Morgan fingerprint density at radius 2 is 2.27 bits per heavy atom. The normalized spacial score (nSPS) is 10.7. The van der Waals surface area contributed by atoms with Gasteiger partial charge in [0, 0.05) is 11.5 Å². The van der Waals surface area contributed by atoms with Gasteiger partial charge in [0.2, 0.25) is 0 Å². The lowest BCUT2D eigenvalue weighted by Crippen LogP contribution is -1.96. The average molecular weight is 204 g/mol. The highest BCUT2D eigenvalue weighted by Gasteiger charge is 1.98. The molecule has 2 aromatic rings. The molecule has 0 saturated heterocycles. The molecule has 0 aliphatic rings. The van der Waals surface area contributed by atoms with E-state index in [1.165, 1.54) is 12.8 Å². The van der Waals surface area contributed by atoms with Crippen LogP contribution in [0.2, 0.25) is 0 Å². The van der Waals surface area contributed by atoms with Crippen molar-refractivity contribution in [3.05, 3.63) is 24.4 Å². The van der Waals surface area contributed by atoms with Crippen molar-refractivity contribution in [1.29, 1.82) is 0 Å². The molecule has 0 amide bonds. The SMILES string of the molecule is CCCCCOc1ccc2cn[nH]c2c1. The Labute approximate surface area is 89.4 Å². The molecule has 3 nitrogen and oxygen atoms in total. The topological polar surface area (TPSA) is 37.9 Å². The van der Waals surface area contributed by atoms with Crippen molar-refractivity contribution >= 4 is 10.9 Å². The van der Waals surface area contributed by atoms with Gasteiger partial charge < -0.3 is 4.74 Å². The zero-order valence-electron chi connectivity index (χ0n) is 8.99. The van der Waals surface area contributed by atoms with E-state index in [1.54, 1.807) is 0 Å². The summed E-state index contributed by atoms with van der Waals surface area (Å²) in [6.07, 6.45) is 5.39. The molecule has 80 valence electrons. The Morgan fingerprint density at radius 3 is 3.13 bits per heavy atom. The molecule has 1 aromatic carbocycles. The van der Waals surface area contributed by atoms with Crippen LogP contribution in [0.1, 0.15) is 26.2 Å². The first-order valence-corrected chi connectivity index (χ1v) is 5.46. The van der Waals surface area contributed by atoms with Crippen LogP contribution in [-0.2, 0) is 0 Å². The maximum Gasteiger partial charge on any atom is 0.121 e. The van der Waals surface area contributed by atoms with Gasteiger partial charge in [-0.15, -0.1) is 0 Å². The first-order chi connectivity index (χ1) is 7.40. The molecule has 3 heteroatoms. The quantitative estimate of drug-likeness (QED) is 0.760. The second kappa shape index (κ2) is 4.82. The number of rotatable bonds is 5. The third-order valence-electron chi connectivity index (χ3n) is 2.43. The number of nitrogens with one attached hydrogen (secondary N) is 1. The van der Waals surface area contributed by atoms with Crippen LogP contribution in [0, 0.1) is 0 Å². The zero-order chi connectivity index (χ0) is 10.5. The number of hydrogen-bond acceptors (Lipinski definition) is 2. The Balaban J connectivity index is 1.96. The fourth-order valence-corrected chi connectivity index (χ4v) is 1.55. The molecule has 15 heavy (non-hydrogen) atoms. The molecule has 0 spiro atoms. The van der Waals surface area contributed by atoms with Crippen molar-refractivity contribution in [3.8, 4) is 5.75 Å². The van der Waals surface area contributed by atoms with Gasteiger partial charge in [-0.25, -0.2) is 0 Å². The van der Waals surface area contributed by atoms with E-state index in [2.05, 4.69) is 17.1 Å². The van der Waals surface area contributed by atoms with E-state index < -0.39 is 0 Å². The highest BCUT2D eigenvalue weighted by Crippen LogP contribution is 2.18. The van der Waals surface area contributed by atoms with Gasteiger partial charge in [0.1, 0.15) is 5.75 Å². The van der Waals surface area contributed by atoms with E-state index >= 15 is 0 Å². The zero-order valence-corrected chi connectivity index (χ0v) is 8.99. The van der Waals surface area contributed by atoms with Crippen LogP contribution in [0.3, 0.4) is 0 Å². The summed E-state index contributed by atoms with van der Waals surface area (Å²) in [5, 5.41) is 8.02. The van der Waals surface area contributed by atoms with Crippen molar-refractivity contribution in [2.75, 3.05) is 6.61 Å². The Morgan fingerprint density at radius 1 is 1.33 bits per heavy atom. The van der Waals surface area contributed by atoms with Crippen LogP contribution < -0.4 is 4.74 Å². The summed E-state index contributed by atoms with van der Waals surface area (Å²) in [6.45, 7) is 2.99. The monoisotopic (exact) mass is 204 g/mol. The van der Waals surface area contributed by atoms with Gasteiger partial charge in [-0.05, 0) is 18.6 Å². The van der Waals surface area contributed by atoms with E-state index in [0.29, 0.717) is 0 Å². The van der Waals surface area contributed by atoms with Gasteiger partial charge in [0.15, 0.2) is 0 Å². The molecule has 0 saturated carbocycles. The van der Waals surface area contributed by atoms with Crippen LogP contribution in [0.5, 0.6) is 5.75 Å². The predicted octanol–water partition coefficient (Wildman–Crippen LogP) is 3.13. The highest BCUT2D eigenvalue weighted by atomic mass is 16.5. The van der Waals surface area contributed by atoms with E-state index in [4.69, 9.17) is 4.74 Å². The largest absolute Gasteiger partial charge is 0.494 e. The van der Waals surface area contributed by atoms with Gasteiger partial charge in [-0.3, -0.25) is 5.10 Å². The molecule has 0 aliphatic carbocycles. The number of H-pyrrole nitrogens is 1. The number of fused-ring (bicyclic) bond motifs is 1. The van der Waals surface area contributed by atoms with E-state index in [0.717, 1.165) is 29.7 Å². The molecule has 0 aliphatic heterocycles. The fraction of sp³-hybridized carbons (Fsp3) is 0.417. The van der Waals surface area contributed by atoms with E-state index in [1.807, 2.05) is 24.4 Å². The molecule has 1 N–H and O–H groups in total. The summed E-state index contributed by atoms with van der Waals surface area (Å²) in [4.78, 5) is 0. The maximum absolute atomic E-state index is 5.64. The standard InChI is InChI=1S/C12H16N2O/c1-2-3-4-7-15-11-6-5-10-9-13-14-12(10)8-11/h5-6,8-9H,2-4,7H2,1H3,(H,13,14). The number of aromatic amines is 1. The fourth-order valence-electron chi connectivity index (χ4n) is 1.55. The lowest BCUT2D eigenvalue weighted by molar-refractivity contribution is 0.306. The number of benzene rings is 1. The van der Waals surface area contributed by atoms with Crippen LogP contribution in [0.15, 0.2) is 24.4 Å². The van der Waals surface area contributed by atoms with E-state index in [9.17, 15) is 0 Å². The summed E-state index contributed by atoms with van der Waals surface area (Å²) in [6, 6.07) is 6.01. The van der Waals surface area contributed by atoms with Crippen LogP contribution in [0.4, 0.5) is 0 Å². The Hall–Kier alpha value is -1.51. The Bertz CT molecular complexity index is 422. The van der Waals surface area contributed by atoms with Crippen LogP contribution in [-0.4, -0.2) is 16.8 Å². The molecule has 0 radical (unpaired) electrons. The molecule has 0 bridgehead atoms. The van der Waals surface area contributed by atoms with Gasteiger partial charge >= 0.3 is 0 Å². The van der Waals surface area contributed by atoms with Crippen molar-refractivity contribution in [2.45, 2.75) is 26.2 Å².